The Balaban J connectivity index is 2.33. The van der Waals surface area contributed by atoms with E-state index in [9.17, 15) is 23.0 Å². The zero-order valence-electron chi connectivity index (χ0n) is 16.9. The topological polar surface area (TPSA) is 74.6 Å². The van der Waals surface area contributed by atoms with E-state index in [2.05, 4.69) is 0 Å². The summed E-state index contributed by atoms with van der Waals surface area (Å²) < 4.78 is 41.6. The number of fused-ring (bicyclic) bond motifs is 1. The first-order valence-corrected chi connectivity index (χ1v) is 11.8. The predicted octanol–water partition coefficient (Wildman–Crippen LogP) is 4.18. The molecule has 4 nitrogen and oxygen atoms in total. The molecule has 0 saturated heterocycles. The van der Waals surface area contributed by atoms with Gasteiger partial charge < -0.3 is 10.2 Å². The standard InChI is InChI=1S/C23H29FO4S/c1-3-5-12-23(4-2)15-29(27,28)20-11-10-16(14-25)13-18(20)21(22(23)26)17-8-6-7-9-19(17)24/h6-11,13,21-22,25-26H,3-5,12,14-15H2,1-2H3/t21-,22-,23+/m0/s1. The second kappa shape index (κ2) is 8.54. The molecule has 1 aliphatic rings. The molecule has 2 N–H and O–H groups in total. The van der Waals surface area contributed by atoms with Gasteiger partial charge in [-0.3, -0.25) is 0 Å². The molecule has 0 bridgehead atoms. The Morgan fingerprint density at radius 1 is 1.14 bits per heavy atom. The highest BCUT2D eigenvalue weighted by Crippen LogP contribution is 2.49. The normalized spacial score (nSPS) is 26.0. The van der Waals surface area contributed by atoms with E-state index in [-0.39, 0.29) is 22.8 Å². The van der Waals surface area contributed by atoms with Crippen LogP contribution < -0.4 is 0 Å². The van der Waals surface area contributed by atoms with Gasteiger partial charge in [-0.05, 0) is 41.7 Å². The van der Waals surface area contributed by atoms with Crippen LogP contribution in [-0.2, 0) is 16.4 Å². The summed E-state index contributed by atoms with van der Waals surface area (Å²) in [4.78, 5) is 0.119. The SMILES string of the molecule is CCCC[C@]1(CC)CS(=O)(=O)c2ccc(CO)cc2[C@H](c2ccccc2F)[C@@H]1O. The van der Waals surface area contributed by atoms with Gasteiger partial charge in [0.2, 0.25) is 0 Å². The van der Waals surface area contributed by atoms with Crippen molar-refractivity contribution in [3.8, 4) is 0 Å². The van der Waals surface area contributed by atoms with E-state index in [4.69, 9.17) is 0 Å². The van der Waals surface area contributed by atoms with E-state index < -0.39 is 33.1 Å². The molecule has 0 fully saturated rings. The molecule has 2 aromatic carbocycles. The number of unbranched alkanes of at least 4 members (excludes halogenated alkanes) is 1. The maximum atomic E-state index is 14.8. The first-order valence-electron chi connectivity index (χ1n) is 10.2. The largest absolute Gasteiger partial charge is 0.392 e. The first kappa shape index (κ1) is 21.9. The molecule has 6 heteroatoms. The number of hydrogen-bond acceptors (Lipinski definition) is 4. The minimum atomic E-state index is -3.70. The molecule has 2 aromatic rings. The third-order valence-electron chi connectivity index (χ3n) is 6.32. The molecular formula is C23H29FO4S. The predicted molar refractivity (Wildman–Crippen MR) is 111 cm³/mol. The number of aliphatic hydroxyl groups excluding tert-OH is 2. The maximum Gasteiger partial charge on any atom is 0.179 e. The van der Waals surface area contributed by atoms with Gasteiger partial charge in [-0.1, -0.05) is 57.0 Å². The maximum absolute atomic E-state index is 14.8. The molecule has 0 amide bonds. The van der Waals surface area contributed by atoms with Gasteiger partial charge in [0.05, 0.1) is 23.4 Å². The summed E-state index contributed by atoms with van der Waals surface area (Å²) in [5, 5.41) is 21.2. The lowest BCUT2D eigenvalue weighted by atomic mass is 9.69. The highest BCUT2D eigenvalue weighted by atomic mass is 32.2. The Hall–Kier alpha value is -1.76. The molecule has 1 heterocycles. The summed E-state index contributed by atoms with van der Waals surface area (Å²) >= 11 is 0. The Kier molecular flexibility index (Phi) is 6.46. The smallest absolute Gasteiger partial charge is 0.179 e. The monoisotopic (exact) mass is 420 g/mol. The van der Waals surface area contributed by atoms with E-state index in [1.807, 2.05) is 13.8 Å². The molecule has 0 aromatic heterocycles. The van der Waals surface area contributed by atoms with Crippen molar-refractivity contribution in [1.29, 1.82) is 0 Å². The van der Waals surface area contributed by atoms with E-state index >= 15 is 0 Å². The average Bonchev–Trinajstić information content (AvgIpc) is 2.78. The fourth-order valence-corrected chi connectivity index (χ4v) is 6.84. The molecule has 0 saturated carbocycles. The summed E-state index contributed by atoms with van der Waals surface area (Å²) in [6.07, 6.45) is 1.61. The number of benzene rings is 2. The van der Waals surface area contributed by atoms with Crippen LogP contribution >= 0.6 is 0 Å². The molecular weight excluding hydrogens is 391 g/mol. The number of halogens is 1. The second-order valence-corrected chi connectivity index (χ2v) is 10.0. The lowest BCUT2D eigenvalue weighted by Gasteiger charge is -2.39. The Morgan fingerprint density at radius 2 is 1.86 bits per heavy atom. The van der Waals surface area contributed by atoms with Crippen LogP contribution in [-0.4, -0.2) is 30.5 Å². The summed E-state index contributed by atoms with van der Waals surface area (Å²) in [5.74, 6) is -1.47. The Bertz CT molecular complexity index is 973. The van der Waals surface area contributed by atoms with E-state index in [1.165, 1.54) is 12.1 Å². The molecule has 29 heavy (non-hydrogen) atoms. The zero-order valence-corrected chi connectivity index (χ0v) is 17.8. The second-order valence-electron chi connectivity index (χ2n) is 8.05. The van der Waals surface area contributed by atoms with Crippen LogP contribution in [0.3, 0.4) is 0 Å². The van der Waals surface area contributed by atoms with Crippen LogP contribution in [0, 0.1) is 11.2 Å². The molecule has 0 unspecified atom stereocenters. The highest BCUT2D eigenvalue weighted by Gasteiger charge is 2.49. The van der Waals surface area contributed by atoms with Crippen molar-refractivity contribution < 1.29 is 23.0 Å². The van der Waals surface area contributed by atoms with Crippen molar-refractivity contribution in [1.82, 2.24) is 0 Å². The zero-order chi connectivity index (χ0) is 21.2. The molecule has 1 aliphatic heterocycles. The molecule has 158 valence electrons. The van der Waals surface area contributed by atoms with Gasteiger partial charge in [0.1, 0.15) is 5.82 Å². The van der Waals surface area contributed by atoms with Crippen LogP contribution in [0.4, 0.5) is 4.39 Å². The third-order valence-corrected chi connectivity index (χ3v) is 8.32. The van der Waals surface area contributed by atoms with Gasteiger partial charge in [0.15, 0.2) is 9.84 Å². The summed E-state index contributed by atoms with van der Waals surface area (Å²) in [6.45, 7) is 3.65. The van der Waals surface area contributed by atoms with Crippen molar-refractivity contribution >= 4 is 9.84 Å². The van der Waals surface area contributed by atoms with Gasteiger partial charge in [-0.25, -0.2) is 12.8 Å². The van der Waals surface area contributed by atoms with Gasteiger partial charge in [-0.15, -0.1) is 0 Å². The quantitative estimate of drug-likeness (QED) is 0.735. The van der Waals surface area contributed by atoms with Gasteiger partial charge >= 0.3 is 0 Å². The van der Waals surface area contributed by atoms with Crippen LogP contribution in [0.2, 0.25) is 0 Å². The number of rotatable bonds is 6. The molecule has 0 aliphatic carbocycles. The number of aliphatic hydroxyl groups is 2. The van der Waals surface area contributed by atoms with E-state index in [0.717, 1.165) is 12.8 Å². The molecule has 0 spiro atoms. The number of hydrogen-bond donors (Lipinski definition) is 2. The van der Waals surface area contributed by atoms with Crippen molar-refractivity contribution in [2.75, 3.05) is 5.75 Å². The minimum absolute atomic E-state index is 0.119. The van der Waals surface area contributed by atoms with Crippen molar-refractivity contribution in [2.45, 2.75) is 63.1 Å². The molecule has 0 radical (unpaired) electrons. The van der Waals surface area contributed by atoms with Crippen molar-refractivity contribution in [3.63, 3.8) is 0 Å². The van der Waals surface area contributed by atoms with Gasteiger partial charge in [0.25, 0.3) is 0 Å². The van der Waals surface area contributed by atoms with Crippen LogP contribution in [0.5, 0.6) is 0 Å². The van der Waals surface area contributed by atoms with Crippen molar-refractivity contribution in [3.05, 3.63) is 65.0 Å². The average molecular weight is 421 g/mol. The molecule has 3 atom stereocenters. The van der Waals surface area contributed by atoms with Gasteiger partial charge in [-0.2, -0.15) is 0 Å². The summed E-state index contributed by atoms with van der Waals surface area (Å²) in [5.41, 5.74) is 0.300. The Morgan fingerprint density at radius 3 is 2.48 bits per heavy atom. The van der Waals surface area contributed by atoms with Crippen LogP contribution in [0.25, 0.3) is 0 Å². The summed E-state index contributed by atoms with van der Waals surface area (Å²) in [6, 6.07) is 10.9. The summed E-state index contributed by atoms with van der Waals surface area (Å²) in [7, 11) is -3.70. The highest BCUT2D eigenvalue weighted by molar-refractivity contribution is 7.91. The lowest BCUT2D eigenvalue weighted by molar-refractivity contribution is 0.0167. The van der Waals surface area contributed by atoms with Crippen LogP contribution in [0.15, 0.2) is 47.4 Å². The number of sulfone groups is 1. The first-order chi connectivity index (χ1) is 13.8. The lowest BCUT2D eigenvalue weighted by Crippen LogP contribution is -2.42. The fourth-order valence-electron chi connectivity index (χ4n) is 4.59. The van der Waals surface area contributed by atoms with E-state index in [1.54, 1.807) is 30.3 Å². The van der Waals surface area contributed by atoms with Gasteiger partial charge in [0, 0.05) is 11.3 Å². The van der Waals surface area contributed by atoms with E-state index in [0.29, 0.717) is 24.0 Å². The fraction of sp³-hybridized carbons (Fsp3) is 0.478. The minimum Gasteiger partial charge on any atom is -0.392 e. The third kappa shape index (κ3) is 3.98. The van der Waals surface area contributed by atoms with Crippen molar-refractivity contribution in [2.24, 2.45) is 5.41 Å². The van der Waals surface area contributed by atoms with Crippen LogP contribution in [0.1, 0.15) is 62.1 Å². The molecule has 3 rings (SSSR count). The Labute approximate surface area is 172 Å².